The Morgan fingerprint density at radius 2 is 1.40 bits per heavy atom. The van der Waals surface area contributed by atoms with Crippen LogP contribution < -0.4 is 0 Å². The molecule has 11 heteroatoms. The molecule has 8 nitrogen and oxygen atoms in total. The van der Waals surface area contributed by atoms with Crippen LogP contribution in [0.1, 0.15) is 0 Å². The summed E-state index contributed by atoms with van der Waals surface area (Å²) in [4.78, 5) is 10.2. The fourth-order valence-corrected chi connectivity index (χ4v) is 2.59. The molecule has 0 bridgehead atoms. The summed E-state index contributed by atoms with van der Waals surface area (Å²) >= 11 is 4.78. The van der Waals surface area contributed by atoms with E-state index in [0.29, 0.717) is 0 Å². The van der Waals surface area contributed by atoms with E-state index in [-0.39, 0.29) is 0 Å². The molecule has 7 aromatic heterocycles. The molecular formula is C24H25N5O3S3. The second kappa shape index (κ2) is 26.2. The van der Waals surface area contributed by atoms with Crippen molar-refractivity contribution in [2.24, 2.45) is 0 Å². The van der Waals surface area contributed by atoms with E-state index in [9.17, 15) is 0 Å². The van der Waals surface area contributed by atoms with Crippen LogP contribution in [0.2, 0.25) is 0 Å². The van der Waals surface area contributed by atoms with E-state index >= 15 is 0 Å². The Kier molecular flexibility index (Phi) is 21.7. The highest BCUT2D eigenvalue weighted by molar-refractivity contribution is 7.07. The number of nitrogens with zero attached hydrogens (tertiary/aromatic N) is 4. The maximum atomic E-state index is 4.58. The quantitative estimate of drug-likeness (QED) is 0.215. The Morgan fingerprint density at radius 3 is 1.60 bits per heavy atom. The van der Waals surface area contributed by atoms with E-state index < -0.39 is 0 Å². The second-order valence-corrected chi connectivity index (χ2v) is 7.46. The summed E-state index contributed by atoms with van der Waals surface area (Å²) < 4.78 is 17.2. The predicted molar refractivity (Wildman–Crippen MR) is 141 cm³/mol. The van der Waals surface area contributed by atoms with Crippen molar-refractivity contribution in [2.75, 3.05) is 0 Å². The minimum atomic E-state index is 1.38. The van der Waals surface area contributed by atoms with Gasteiger partial charge in [-0.15, -0.1) is 11.3 Å². The molecule has 0 unspecified atom stereocenters. The van der Waals surface area contributed by atoms with Crippen molar-refractivity contribution in [1.29, 1.82) is 0 Å². The Bertz CT molecular complexity index is 702. The third-order valence-corrected chi connectivity index (χ3v) is 4.41. The number of aromatic nitrogens is 5. The largest absolute Gasteiger partial charge is 0.473 e. The van der Waals surface area contributed by atoms with E-state index in [1.54, 1.807) is 71.6 Å². The van der Waals surface area contributed by atoms with Gasteiger partial charge in [0, 0.05) is 35.5 Å². The molecule has 0 aliphatic carbocycles. The van der Waals surface area contributed by atoms with Gasteiger partial charge in [-0.1, -0.05) is 17.3 Å². The molecule has 0 aliphatic heterocycles. The fraction of sp³-hybridized carbons (Fsp3) is 0. The molecule has 35 heavy (non-hydrogen) atoms. The number of nitrogens with one attached hydrogen (secondary N) is 1. The zero-order valence-electron chi connectivity index (χ0n) is 18.6. The van der Waals surface area contributed by atoms with Gasteiger partial charge in [0.05, 0.1) is 30.4 Å². The van der Waals surface area contributed by atoms with Crippen LogP contribution in [0.5, 0.6) is 0 Å². The lowest BCUT2D eigenvalue weighted by atomic mass is 10.7. The average Bonchev–Trinajstić information content (AvgIpc) is 3.81. The molecule has 7 rings (SSSR count). The molecule has 0 saturated carbocycles. The van der Waals surface area contributed by atoms with Gasteiger partial charge in [0.1, 0.15) is 12.5 Å². The third-order valence-electron chi connectivity index (χ3n) is 2.74. The highest BCUT2D eigenvalue weighted by Crippen LogP contribution is 1.91. The maximum Gasteiger partial charge on any atom is 0.180 e. The maximum absolute atomic E-state index is 4.58. The molecule has 182 valence electrons. The monoisotopic (exact) mass is 527 g/mol. The van der Waals surface area contributed by atoms with E-state index in [2.05, 4.69) is 37.8 Å². The molecule has 0 saturated heterocycles. The van der Waals surface area contributed by atoms with Crippen LogP contribution in [0, 0.1) is 0 Å². The Hall–Kier alpha value is -4.06. The van der Waals surface area contributed by atoms with Crippen LogP contribution in [-0.2, 0) is 0 Å². The van der Waals surface area contributed by atoms with Crippen molar-refractivity contribution >= 4 is 34.2 Å². The van der Waals surface area contributed by atoms with Crippen LogP contribution in [-0.4, -0.2) is 24.5 Å². The molecule has 0 aliphatic rings. The number of furan rings is 1. The van der Waals surface area contributed by atoms with E-state index in [4.69, 9.17) is 0 Å². The lowest BCUT2D eigenvalue weighted by molar-refractivity contribution is 0.420. The Morgan fingerprint density at radius 1 is 0.571 bits per heavy atom. The van der Waals surface area contributed by atoms with Crippen LogP contribution >= 0.6 is 34.2 Å². The number of hydrogen-bond acceptors (Lipinski definition) is 10. The number of hydrogen-bond donors (Lipinski definition) is 1. The fourth-order valence-electron chi connectivity index (χ4n) is 1.43. The van der Waals surface area contributed by atoms with E-state index in [1.165, 1.54) is 30.5 Å². The summed E-state index contributed by atoms with van der Waals surface area (Å²) in [6, 6.07) is 15.2. The van der Waals surface area contributed by atoms with Crippen molar-refractivity contribution < 1.29 is 13.4 Å². The summed E-state index contributed by atoms with van der Waals surface area (Å²) in [5, 5.41) is 11.3. The summed E-state index contributed by atoms with van der Waals surface area (Å²) in [6.45, 7) is 0. The zero-order chi connectivity index (χ0) is 24.7. The first kappa shape index (κ1) is 29.0. The van der Waals surface area contributed by atoms with Gasteiger partial charge in [0.15, 0.2) is 6.39 Å². The van der Waals surface area contributed by atoms with Crippen molar-refractivity contribution in [3.05, 3.63) is 144 Å². The highest BCUT2D eigenvalue weighted by Gasteiger charge is 1.62. The molecule has 0 amide bonds. The summed E-state index contributed by atoms with van der Waals surface area (Å²) in [5.41, 5.74) is 1.79. The summed E-state index contributed by atoms with van der Waals surface area (Å²) in [5.74, 6) is 0. The van der Waals surface area contributed by atoms with Crippen LogP contribution in [0.25, 0.3) is 0 Å². The molecule has 0 spiro atoms. The molecule has 0 radical (unpaired) electrons. The normalized spacial score (nSPS) is 8.00. The molecule has 7 aromatic rings. The van der Waals surface area contributed by atoms with Crippen molar-refractivity contribution in [3.63, 3.8) is 0 Å². The number of rotatable bonds is 0. The average molecular weight is 528 g/mol. The Labute approximate surface area is 215 Å². The van der Waals surface area contributed by atoms with Crippen molar-refractivity contribution in [3.8, 4) is 0 Å². The van der Waals surface area contributed by atoms with Gasteiger partial charge in [-0.25, -0.2) is 9.36 Å². The van der Waals surface area contributed by atoms with Crippen LogP contribution in [0.3, 0.4) is 0 Å². The van der Waals surface area contributed by atoms with E-state index in [1.807, 2.05) is 76.4 Å². The molecule has 7 heterocycles. The topological polar surface area (TPSA) is 107 Å². The van der Waals surface area contributed by atoms with Gasteiger partial charge in [-0.3, -0.25) is 4.98 Å². The second-order valence-electron chi connectivity index (χ2n) is 5.20. The highest BCUT2D eigenvalue weighted by atomic mass is 32.1. The third kappa shape index (κ3) is 24.4. The SMILES string of the molecule is c1cc[nH]c1.c1ccoc1.c1ccsc1.c1cnoc1.c1cnsc1.c1cocn1.c1cscn1. The molecule has 0 atom stereocenters. The van der Waals surface area contributed by atoms with Crippen molar-refractivity contribution in [2.45, 2.75) is 0 Å². The lowest BCUT2D eigenvalue weighted by Gasteiger charge is -1.50. The smallest absolute Gasteiger partial charge is 0.180 e. The molecule has 1 N–H and O–H groups in total. The standard InChI is InChI=1S/C4H5N.C4H4O.C4H4S.2C3H3NO.2C3H3NS/c3*1-2-4-5-3-1;1-2-5-3-4-1;1-2-4-5-3-1;1-2-5-3-4-1;1-2-4-5-3-1/h1-5H;2*1-4H;4*1-3H. The van der Waals surface area contributed by atoms with Gasteiger partial charge < -0.3 is 18.3 Å². The number of aromatic amines is 1. The van der Waals surface area contributed by atoms with Gasteiger partial charge in [-0.2, -0.15) is 11.3 Å². The number of oxazole rings is 1. The van der Waals surface area contributed by atoms with Crippen LogP contribution in [0.15, 0.2) is 158 Å². The predicted octanol–water partition coefficient (Wildman–Crippen LogP) is 7.68. The van der Waals surface area contributed by atoms with Gasteiger partial charge >= 0.3 is 0 Å². The zero-order valence-corrected chi connectivity index (χ0v) is 21.0. The molecule has 0 fully saturated rings. The number of thiophene rings is 1. The van der Waals surface area contributed by atoms with Gasteiger partial charge in [0.2, 0.25) is 0 Å². The summed E-state index contributed by atoms with van der Waals surface area (Å²) in [7, 11) is 0. The number of H-pyrrole nitrogens is 1. The minimum absolute atomic E-state index is 1.38. The van der Waals surface area contributed by atoms with Crippen molar-refractivity contribution in [1.82, 2.24) is 24.5 Å². The van der Waals surface area contributed by atoms with Gasteiger partial charge in [-0.05, 0) is 58.7 Å². The lowest BCUT2D eigenvalue weighted by Crippen LogP contribution is -1.38. The van der Waals surface area contributed by atoms with Crippen LogP contribution in [0.4, 0.5) is 0 Å². The Balaban J connectivity index is 0.000000204. The van der Waals surface area contributed by atoms with E-state index in [0.717, 1.165) is 0 Å². The first-order valence-corrected chi connectivity index (χ1v) is 12.6. The first-order valence-electron chi connectivity index (χ1n) is 9.85. The first-order chi connectivity index (χ1) is 17.5. The number of thiazole rings is 1. The van der Waals surface area contributed by atoms with Gasteiger partial charge in [0.25, 0.3) is 0 Å². The summed E-state index contributed by atoms with van der Waals surface area (Å²) in [6.07, 6.45) is 18.1. The minimum Gasteiger partial charge on any atom is -0.473 e. The molecular weight excluding hydrogens is 502 g/mol. The molecule has 0 aromatic carbocycles.